The van der Waals surface area contributed by atoms with Crippen LogP contribution in [0.4, 0.5) is 4.39 Å². The molecule has 2 aromatic carbocycles. The number of nitrogens with zero attached hydrogens (tertiary/aromatic N) is 1. The van der Waals surface area contributed by atoms with E-state index in [2.05, 4.69) is 6.58 Å². The number of carbonyl (C=O) groups excluding carboxylic acids is 1. The van der Waals surface area contributed by atoms with Crippen LogP contribution in [0.3, 0.4) is 0 Å². The van der Waals surface area contributed by atoms with Gasteiger partial charge in [0.05, 0.1) is 12.0 Å². The third-order valence-corrected chi connectivity index (χ3v) is 5.20. The number of cyclic esters (lactones) is 1. The highest BCUT2D eigenvalue weighted by Gasteiger charge is 2.36. The molecule has 1 N–H and O–H groups in total. The zero-order valence-electron chi connectivity index (χ0n) is 14.4. The van der Waals surface area contributed by atoms with E-state index in [1.54, 1.807) is 12.3 Å². The second-order valence-corrected chi connectivity index (χ2v) is 7.11. The SMILES string of the molecule is C=C1C(=O)OCC1C(O)c1cn(Cc2ccc(Cl)cc2)c2ccc(F)cc12. The van der Waals surface area contributed by atoms with E-state index in [-0.39, 0.29) is 12.2 Å². The summed E-state index contributed by atoms with van der Waals surface area (Å²) in [6.45, 7) is 4.32. The van der Waals surface area contributed by atoms with Crippen LogP contribution in [0.25, 0.3) is 10.9 Å². The minimum Gasteiger partial charge on any atom is -0.462 e. The van der Waals surface area contributed by atoms with Gasteiger partial charge in [-0.1, -0.05) is 30.3 Å². The van der Waals surface area contributed by atoms with Crippen molar-refractivity contribution in [3.05, 3.63) is 82.8 Å². The molecule has 0 radical (unpaired) electrons. The summed E-state index contributed by atoms with van der Waals surface area (Å²) >= 11 is 5.94. The largest absolute Gasteiger partial charge is 0.462 e. The number of aliphatic hydroxyl groups excluding tert-OH is 1. The predicted octanol–water partition coefficient (Wildman–Crippen LogP) is 4.24. The number of esters is 1. The summed E-state index contributed by atoms with van der Waals surface area (Å²) in [5.74, 6) is -1.44. The highest BCUT2D eigenvalue weighted by atomic mass is 35.5. The maximum atomic E-state index is 13.9. The van der Waals surface area contributed by atoms with Crippen molar-refractivity contribution in [2.45, 2.75) is 12.6 Å². The van der Waals surface area contributed by atoms with Gasteiger partial charge in [0.25, 0.3) is 0 Å². The van der Waals surface area contributed by atoms with Crippen LogP contribution in [0.5, 0.6) is 0 Å². The first kappa shape index (κ1) is 17.8. The number of aromatic nitrogens is 1. The number of benzene rings is 2. The van der Waals surface area contributed by atoms with E-state index in [0.29, 0.717) is 22.5 Å². The van der Waals surface area contributed by atoms with Crippen molar-refractivity contribution in [2.75, 3.05) is 6.61 Å². The Morgan fingerprint density at radius 1 is 1.30 bits per heavy atom. The zero-order valence-corrected chi connectivity index (χ0v) is 15.1. The summed E-state index contributed by atoms with van der Waals surface area (Å²) < 4.78 is 20.8. The van der Waals surface area contributed by atoms with Gasteiger partial charge in [-0.05, 0) is 35.9 Å². The maximum Gasteiger partial charge on any atom is 0.333 e. The Balaban J connectivity index is 1.76. The molecule has 2 heterocycles. The molecule has 0 amide bonds. The van der Waals surface area contributed by atoms with Crippen molar-refractivity contribution in [1.82, 2.24) is 4.57 Å². The zero-order chi connectivity index (χ0) is 19.1. The lowest BCUT2D eigenvalue weighted by molar-refractivity contribution is -0.135. The first-order valence-corrected chi connectivity index (χ1v) is 8.88. The first-order chi connectivity index (χ1) is 12.9. The Kier molecular flexibility index (Phi) is 4.50. The molecule has 4 nitrogen and oxygen atoms in total. The normalized spacial score (nSPS) is 18.1. The highest BCUT2D eigenvalue weighted by molar-refractivity contribution is 6.30. The van der Waals surface area contributed by atoms with Gasteiger partial charge in [-0.25, -0.2) is 9.18 Å². The van der Waals surface area contributed by atoms with Crippen LogP contribution in [0, 0.1) is 11.7 Å². The van der Waals surface area contributed by atoms with Crippen LogP contribution < -0.4 is 0 Å². The Hall–Kier alpha value is -2.63. The molecule has 4 rings (SSSR count). The highest BCUT2D eigenvalue weighted by Crippen LogP contribution is 2.37. The van der Waals surface area contributed by atoms with Gasteiger partial charge < -0.3 is 14.4 Å². The Morgan fingerprint density at radius 2 is 2.04 bits per heavy atom. The number of aliphatic hydroxyl groups is 1. The smallest absolute Gasteiger partial charge is 0.333 e. The second kappa shape index (κ2) is 6.83. The number of hydrogen-bond donors (Lipinski definition) is 1. The Morgan fingerprint density at radius 3 is 2.70 bits per heavy atom. The van der Waals surface area contributed by atoms with Gasteiger partial charge in [-0.2, -0.15) is 0 Å². The minimum absolute atomic E-state index is 0.0675. The maximum absolute atomic E-state index is 13.9. The molecule has 0 saturated carbocycles. The molecule has 1 aromatic heterocycles. The molecule has 3 aromatic rings. The summed E-state index contributed by atoms with van der Waals surface area (Å²) in [4.78, 5) is 11.6. The van der Waals surface area contributed by atoms with Crippen LogP contribution in [0.15, 0.2) is 60.8 Å². The molecule has 27 heavy (non-hydrogen) atoms. The van der Waals surface area contributed by atoms with Gasteiger partial charge in [-0.3, -0.25) is 0 Å². The van der Waals surface area contributed by atoms with Gasteiger partial charge in [0.1, 0.15) is 12.4 Å². The van der Waals surface area contributed by atoms with Gasteiger partial charge in [0.2, 0.25) is 0 Å². The molecule has 0 aliphatic carbocycles. The Bertz CT molecular complexity index is 1040. The molecular weight excluding hydrogens is 369 g/mol. The van der Waals surface area contributed by atoms with Crippen molar-refractivity contribution in [3.8, 4) is 0 Å². The second-order valence-electron chi connectivity index (χ2n) is 6.68. The molecule has 1 aliphatic rings. The van der Waals surface area contributed by atoms with Gasteiger partial charge in [0.15, 0.2) is 0 Å². The molecule has 1 saturated heterocycles. The van der Waals surface area contributed by atoms with Crippen LogP contribution in [0.1, 0.15) is 17.2 Å². The standard InChI is InChI=1S/C21H17ClFNO3/c1-12-18(11-27-21(12)26)20(25)17-10-24(9-13-2-4-14(22)5-3-13)19-7-6-15(23)8-16(17)19/h2-8,10,18,20,25H,1,9,11H2. The van der Waals surface area contributed by atoms with Crippen molar-refractivity contribution < 1.29 is 19.0 Å². The van der Waals surface area contributed by atoms with Crippen LogP contribution in [-0.4, -0.2) is 22.2 Å². The van der Waals surface area contributed by atoms with Crippen LogP contribution in [-0.2, 0) is 16.1 Å². The van der Waals surface area contributed by atoms with E-state index < -0.39 is 23.8 Å². The number of carbonyl (C=O) groups is 1. The molecule has 1 aliphatic heterocycles. The number of fused-ring (bicyclic) bond motifs is 1. The fraction of sp³-hybridized carbons (Fsp3) is 0.190. The number of rotatable bonds is 4. The summed E-state index contributed by atoms with van der Waals surface area (Å²) in [5, 5.41) is 12.1. The van der Waals surface area contributed by atoms with Crippen molar-refractivity contribution in [3.63, 3.8) is 0 Å². The molecule has 138 valence electrons. The third kappa shape index (κ3) is 3.24. The summed E-state index contributed by atoms with van der Waals surface area (Å²) in [6, 6.07) is 11.9. The lowest BCUT2D eigenvalue weighted by atomic mass is 9.92. The fourth-order valence-corrected chi connectivity index (χ4v) is 3.58. The quantitative estimate of drug-likeness (QED) is 0.539. The predicted molar refractivity (Wildman–Crippen MR) is 101 cm³/mol. The van der Waals surface area contributed by atoms with Gasteiger partial charge in [-0.15, -0.1) is 0 Å². The van der Waals surface area contributed by atoms with E-state index in [1.807, 2.05) is 28.8 Å². The lowest BCUT2D eigenvalue weighted by Gasteiger charge is -2.15. The number of halogens is 2. The number of hydrogen-bond acceptors (Lipinski definition) is 3. The van der Waals surface area contributed by atoms with Crippen LogP contribution in [0.2, 0.25) is 5.02 Å². The van der Waals surface area contributed by atoms with E-state index in [0.717, 1.165) is 11.1 Å². The summed E-state index contributed by atoms with van der Waals surface area (Å²) in [6.07, 6.45) is 0.777. The Labute approximate surface area is 160 Å². The monoisotopic (exact) mass is 385 g/mol. The van der Waals surface area contributed by atoms with Crippen molar-refractivity contribution in [2.24, 2.45) is 5.92 Å². The minimum atomic E-state index is -1.01. The molecule has 2 atom stereocenters. The molecule has 0 bridgehead atoms. The lowest BCUT2D eigenvalue weighted by Crippen LogP contribution is -2.14. The van der Waals surface area contributed by atoms with Crippen molar-refractivity contribution in [1.29, 1.82) is 0 Å². The van der Waals surface area contributed by atoms with Crippen molar-refractivity contribution >= 4 is 28.5 Å². The van der Waals surface area contributed by atoms with Gasteiger partial charge in [0, 0.05) is 39.8 Å². The van der Waals surface area contributed by atoms with E-state index >= 15 is 0 Å². The topological polar surface area (TPSA) is 51.5 Å². The molecule has 6 heteroatoms. The summed E-state index contributed by atoms with van der Waals surface area (Å²) in [5.41, 5.74) is 2.59. The first-order valence-electron chi connectivity index (χ1n) is 8.51. The average Bonchev–Trinajstić information content (AvgIpc) is 3.17. The third-order valence-electron chi connectivity index (χ3n) is 4.94. The van der Waals surface area contributed by atoms with E-state index in [1.165, 1.54) is 12.1 Å². The fourth-order valence-electron chi connectivity index (χ4n) is 3.46. The summed E-state index contributed by atoms with van der Waals surface area (Å²) in [7, 11) is 0. The van der Waals surface area contributed by atoms with Crippen LogP contribution >= 0.6 is 11.6 Å². The van der Waals surface area contributed by atoms with Gasteiger partial charge >= 0.3 is 5.97 Å². The number of ether oxygens (including phenoxy) is 1. The van der Waals surface area contributed by atoms with E-state index in [9.17, 15) is 14.3 Å². The average molecular weight is 386 g/mol. The van der Waals surface area contributed by atoms with E-state index in [4.69, 9.17) is 16.3 Å². The molecule has 0 spiro atoms. The molecular formula is C21H17ClFNO3. The molecule has 2 unspecified atom stereocenters. The molecule has 1 fully saturated rings.